The van der Waals surface area contributed by atoms with E-state index < -0.39 is 11.8 Å². The van der Waals surface area contributed by atoms with Crippen molar-refractivity contribution in [2.24, 2.45) is 0 Å². The first-order valence-electron chi connectivity index (χ1n) is 10.2. The number of amides is 2. The zero-order valence-electron chi connectivity index (χ0n) is 18.3. The molecule has 3 aromatic rings. The van der Waals surface area contributed by atoms with Gasteiger partial charge in [-0.15, -0.1) is 0 Å². The van der Waals surface area contributed by atoms with E-state index in [0.717, 1.165) is 16.7 Å². The second-order valence-electron chi connectivity index (χ2n) is 7.75. The minimum absolute atomic E-state index is 0.218. The van der Waals surface area contributed by atoms with Gasteiger partial charge in [-0.05, 0) is 61.7 Å². The number of methoxy groups -OCH3 is 1. The summed E-state index contributed by atoms with van der Waals surface area (Å²) < 4.78 is 5.29. The van der Waals surface area contributed by atoms with Crippen LogP contribution in [-0.2, 0) is 9.59 Å². The molecule has 3 aromatic carbocycles. The highest BCUT2D eigenvalue weighted by molar-refractivity contribution is 6.46. The van der Waals surface area contributed by atoms with E-state index in [9.17, 15) is 9.59 Å². The molecule has 1 aliphatic heterocycles. The molecule has 6 heteroatoms. The first kappa shape index (κ1) is 21.7. The molecule has 1 heterocycles. The Bertz CT molecular complexity index is 1280. The number of carbonyl (C=O) groups excluding carboxylic acids is 2. The van der Waals surface area contributed by atoms with Crippen molar-refractivity contribution in [3.63, 3.8) is 0 Å². The van der Waals surface area contributed by atoms with Gasteiger partial charge in [0.05, 0.1) is 18.4 Å². The number of benzene rings is 3. The van der Waals surface area contributed by atoms with Gasteiger partial charge in [0, 0.05) is 16.8 Å². The molecule has 0 bridgehead atoms. The summed E-state index contributed by atoms with van der Waals surface area (Å²) in [5.41, 5.74) is 5.15. The van der Waals surface area contributed by atoms with Crippen LogP contribution in [0.2, 0.25) is 5.02 Å². The number of aryl methyl sites for hydroxylation is 2. The molecule has 0 saturated heterocycles. The van der Waals surface area contributed by atoms with Crippen molar-refractivity contribution in [2.75, 3.05) is 17.3 Å². The van der Waals surface area contributed by atoms with Crippen molar-refractivity contribution in [3.8, 4) is 5.75 Å². The fraction of sp³-hybridized carbons (Fsp3) is 0.154. The lowest BCUT2D eigenvalue weighted by molar-refractivity contribution is -0.120. The molecule has 2 amide bonds. The Labute approximate surface area is 192 Å². The Morgan fingerprint density at radius 1 is 0.906 bits per heavy atom. The molecule has 0 spiro atoms. The largest absolute Gasteiger partial charge is 0.497 e. The molecule has 0 atom stereocenters. The Hall–Kier alpha value is -3.57. The van der Waals surface area contributed by atoms with E-state index in [2.05, 4.69) is 5.32 Å². The van der Waals surface area contributed by atoms with Crippen molar-refractivity contribution in [2.45, 2.75) is 20.8 Å². The van der Waals surface area contributed by atoms with E-state index in [1.54, 1.807) is 43.5 Å². The Balaban J connectivity index is 1.88. The Kier molecular flexibility index (Phi) is 5.76. The zero-order chi connectivity index (χ0) is 23.0. The van der Waals surface area contributed by atoms with E-state index in [0.29, 0.717) is 33.3 Å². The number of imide groups is 1. The SMILES string of the molecule is COc1cccc(N2C(=O)C(Nc3cccc(Cl)c3C)=C(c3ccc(C)cc3C)C2=O)c1. The van der Waals surface area contributed by atoms with Gasteiger partial charge in [0.25, 0.3) is 11.8 Å². The third-order valence-corrected chi connectivity index (χ3v) is 5.98. The topological polar surface area (TPSA) is 58.6 Å². The average molecular weight is 447 g/mol. The third kappa shape index (κ3) is 3.76. The van der Waals surface area contributed by atoms with Crippen LogP contribution in [0.4, 0.5) is 11.4 Å². The van der Waals surface area contributed by atoms with Gasteiger partial charge in [-0.2, -0.15) is 0 Å². The van der Waals surface area contributed by atoms with Crippen molar-refractivity contribution < 1.29 is 14.3 Å². The Morgan fingerprint density at radius 3 is 2.38 bits per heavy atom. The molecule has 0 aliphatic carbocycles. The van der Waals surface area contributed by atoms with Gasteiger partial charge >= 0.3 is 0 Å². The van der Waals surface area contributed by atoms with Crippen molar-refractivity contribution in [3.05, 3.63) is 93.6 Å². The number of ether oxygens (including phenoxy) is 1. The molecule has 1 aliphatic rings. The summed E-state index contributed by atoms with van der Waals surface area (Å²) in [7, 11) is 1.54. The van der Waals surface area contributed by atoms with Crippen LogP contribution in [0.25, 0.3) is 5.57 Å². The maximum atomic E-state index is 13.6. The summed E-state index contributed by atoms with van der Waals surface area (Å²) in [5, 5.41) is 3.77. The third-order valence-electron chi connectivity index (χ3n) is 5.57. The Morgan fingerprint density at radius 2 is 1.66 bits per heavy atom. The van der Waals surface area contributed by atoms with Gasteiger partial charge in [-0.3, -0.25) is 9.59 Å². The van der Waals surface area contributed by atoms with Crippen LogP contribution in [0.3, 0.4) is 0 Å². The highest BCUT2D eigenvalue weighted by atomic mass is 35.5. The van der Waals surface area contributed by atoms with Gasteiger partial charge in [-0.25, -0.2) is 4.90 Å². The van der Waals surface area contributed by atoms with E-state index in [1.807, 2.05) is 45.0 Å². The number of rotatable bonds is 5. The summed E-state index contributed by atoms with van der Waals surface area (Å²) in [4.78, 5) is 28.4. The van der Waals surface area contributed by atoms with E-state index in [4.69, 9.17) is 16.3 Å². The lowest BCUT2D eigenvalue weighted by Crippen LogP contribution is -2.32. The summed E-state index contributed by atoms with van der Waals surface area (Å²) >= 11 is 6.29. The molecule has 0 unspecified atom stereocenters. The molecule has 4 rings (SSSR count). The minimum Gasteiger partial charge on any atom is -0.497 e. The van der Waals surface area contributed by atoms with Gasteiger partial charge in [0.15, 0.2) is 0 Å². The highest BCUT2D eigenvalue weighted by Crippen LogP contribution is 2.37. The molecule has 32 heavy (non-hydrogen) atoms. The molecule has 0 aromatic heterocycles. The van der Waals surface area contributed by atoms with Crippen LogP contribution in [-0.4, -0.2) is 18.9 Å². The molecule has 5 nitrogen and oxygen atoms in total. The summed E-state index contributed by atoms with van der Waals surface area (Å²) in [6, 6.07) is 18.1. The predicted octanol–water partition coefficient (Wildman–Crippen LogP) is 5.67. The second kappa shape index (κ2) is 8.52. The van der Waals surface area contributed by atoms with E-state index in [1.165, 1.54) is 4.90 Å². The quantitative estimate of drug-likeness (QED) is 0.513. The first-order chi connectivity index (χ1) is 15.3. The molecule has 1 N–H and O–H groups in total. The fourth-order valence-electron chi connectivity index (χ4n) is 3.85. The normalized spacial score (nSPS) is 13.7. The summed E-state index contributed by atoms with van der Waals surface area (Å²) in [6.07, 6.45) is 0. The number of hydrogen-bond acceptors (Lipinski definition) is 4. The number of anilines is 2. The molecule has 0 fully saturated rings. The molecule has 162 valence electrons. The van der Waals surface area contributed by atoms with Crippen LogP contribution < -0.4 is 15.0 Å². The monoisotopic (exact) mass is 446 g/mol. The lowest BCUT2D eigenvalue weighted by atomic mass is 9.97. The second-order valence-corrected chi connectivity index (χ2v) is 8.16. The van der Waals surface area contributed by atoms with Crippen molar-refractivity contribution >= 4 is 40.4 Å². The van der Waals surface area contributed by atoms with Crippen LogP contribution in [0, 0.1) is 20.8 Å². The van der Waals surface area contributed by atoms with Crippen LogP contribution in [0.1, 0.15) is 22.3 Å². The molecular formula is C26H23ClN2O3. The minimum atomic E-state index is -0.433. The van der Waals surface area contributed by atoms with E-state index in [-0.39, 0.29) is 5.70 Å². The van der Waals surface area contributed by atoms with Crippen LogP contribution in [0.5, 0.6) is 5.75 Å². The number of carbonyl (C=O) groups is 2. The number of hydrogen-bond donors (Lipinski definition) is 1. The predicted molar refractivity (Wildman–Crippen MR) is 128 cm³/mol. The van der Waals surface area contributed by atoms with Gasteiger partial charge < -0.3 is 10.1 Å². The first-order valence-corrected chi connectivity index (χ1v) is 10.6. The van der Waals surface area contributed by atoms with E-state index >= 15 is 0 Å². The summed E-state index contributed by atoms with van der Waals surface area (Å²) in [6.45, 7) is 5.79. The number of nitrogens with zero attached hydrogens (tertiary/aromatic N) is 1. The van der Waals surface area contributed by atoms with Gasteiger partial charge in [0.1, 0.15) is 11.4 Å². The molecule has 0 radical (unpaired) electrons. The average Bonchev–Trinajstić information content (AvgIpc) is 3.01. The molecule has 0 saturated carbocycles. The highest BCUT2D eigenvalue weighted by Gasteiger charge is 2.41. The lowest BCUT2D eigenvalue weighted by Gasteiger charge is -2.16. The summed E-state index contributed by atoms with van der Waals surface area (Å²) in [5.74, 6) is -0.266. The maximum absolute atomic E-state index is 13.6. The maximum Gasteiger partial charge on any atom is 0.282 e. The smallest absolute Gasteiger partial charge is 0.282 e. The van der Waals surface area contributed by atoms with Crippen molar-refractivity contribution in [1.82, 2.24) is 0 Å². The van der Waals surface area contributed by atoms with Crippen LogP contribution >= 0.6 is 11.6 Å². The van der Waals surface area contributed by atoms with Gasteiger partial charge in [0.2, 0.25) is 0 Å². The number of halogens is 1. The molecular weight excluding hydrogens is 424 g/mol. The van der Waals surface area contributed by atoms with Crippen molar-refractivity contribution in [1.29, 1.82) is 0 Å². The number of nitrogens with one attached hydrogen (secondary N) is 1. The standard InChI is InChI=1S/C26H23ClN2O3/c1-15-11-12-20(16(2)13-15)23-24(28-22-10-6-9-21(27)17(22)3)26(31)29(25(23)30)18-7-5-8-19(14-18)32-4/h5-14,28H,1-4H3. The van der Waals surface area contributed by atoms with Gasteiger partial charge in [-0.1, -0.05) is 47.5 Å². The van der Waals surface area contributed by atoms with Crippen LogP contribution in [0.15, 0.2) is 66.4 Å². The zero-order valence-corrected chi connectivity index (χ0v) is 19.1. The fourth-order valence-corrected chi connectivity index (χ4v) is 4.03.